The number of sulfone groups is 1. The summed E-state index contributed by atoms with van der Waals surface area (Å²) in [6.07, 6.45) is 10.5. The normalized spacial score (nSPS) is 20.0. The van der Waals surface area contributed by atoms with Gasteiger partial charge in [-0.2, -0.15) is 20.4 Å². The van der Waals surface area contributed by atoms with E-state index in [4.69, 9.17) is 66.6 Å². The molecule has 0 radical (unpaired) electrons. The van der Waals surface area contributed by atoms with E-state index in [1.807, 2.05) is 42.9 Å². The molecule has 6 aromatic rings. The quantitative estimate of drug-likeness (QED) is 0.102. The molecule has 0 bridgehead atoms. The predicted molar refractivity (Wildman–Crippen MR) is 287 cm³/mol. The van der Waals surface area contributed by atoms with Crippen LogP contribution in [0.2, 0.25) is 20.1 Å². The maximum absolute atomic E-state index is 11.6. The number of hydrogen-bond acceptors (Lipinski definition) is 14. The van der Waals surface area contributed by atoms with Gasteiger partial charge in [-0.05, 0) is 132 Å². The third-order valence-corrected chi connectivity index (χ3v) is 17.2. The van der Waals surface area contributed by atoms with E-state index < -0.39 is 15.8 Å². The number of carboxylic acids is 1. The van der Waals surface area contributed by atoms with Crippen LogP contribution in [0, 0.1) is 41.9 Å². The van der Waals surface area contributed by atoms with Crippen LogP contribution in [0.3, 0.4) is 0 Å². The third-order valence-electron chi connectivity index (χ3n) is 15.2. The van der Waals surface area contributed by atoms with E-state index >= 15 is 0 Å². The fourth-order valence-corrected chi connectivity index (χ4v) is 12.6. The summed E-state index contributed by atoms with van der Waals surface area (Å²) < 4.78 is 26.8. The highest BCUT2D eigenvalue weighted by atomic mass is 35.5. The van der Waals surface area contributed by atoms with Gasteiger partial charge in [0.2, 0.25) is 5.95 Å². The van der Waals surface area contributed by atoms with Crippen LogP contribution in [-0.2, 0) is 14.6 Å². The molecule has 388 valence electrons. The van der Waals surface area contributed by atoms with E-state index in [1.54, 1.807) is 29.1 Å². The second-order valence-electron chi connectivity index (χ2n) is 20.3. The number of fused-ring (bicyclic) bond motifs is 2. The van der Waals surface area contributed by atoms with Crippen molar-refractivity contribution in [3.05, 3.63) is 91.4 Å². The molecule has 4 saturated heterocycles. The first kappa shape index (κ1) is 53.0. The van der Waals surface area contributed by atoms with E-state index in [9.17, 15) is 18.5 Å². The Morgan fingerprint density at radius 3 is 1.90 bits per heavy atom. The van der Waals surface area contributed by atoms with Gasteiger partial charge in [0.1, 0.15) is 27.2 Å². The van der Waals surface area contributed by atoms with Gasteiger partial charge < -0.3 is 24.7 Å². The summed E-state index contributed by atoms with van der Waals surface area (Å²) in [4.78, 5) is 39.1. The van der Waals surface area contributed by atoms with E-state index in [0.717, 1.165) is 118 Å². The second-order valence-corrected chi connectivity index (χ2v) is 24.2. The highest BCUT2D eigenvalue weighted by molar-refractivity contribution is 7.90. The Bertz CT molecular complexity index is 3140. The first-order chi connectivity index (χ1) is 34.9. The Labute approximate surface area is 446 Å². The first-order valence-electron chi connectivity index (χ1n) is 25.0. The maximum Gasteiger partial charge on any atom is 0.303 e. The SMILES string of the molecule is CC(c1ccc(Cl)cc1Cl)n1nc(C#N)c2ncc(N3CC(C4CCCN(CCS(C)(=O)=O)C4)C3)nc21.Cc1nn(C(C)c2ccc(Cl)cc2Cl)c2nc(N3CC(C4CCCN(CCCC(=O)O)C4)C3)ncc12. The van der Waals surface area contributed by atoms with Gasteiger partial charge in [0.05, 0.1) is 35.1 Å². The number of carbonyl (C=O) groups is 1. The standard InChI is InChI=1S/C26H32Cl2N6O2.C25H29Cl2N7O2S/c1-16-22-12-29-26(30-25(22)34(31-16)17(2)21-8-7-20(27)11-23(21)28)33-14-19(15-33)18-5-3-9-32(13-18)10-4-6-24(35)36;1-16(20-6-5-19(26)10-21(20)27)34-25-24(22(11-28)31-34)29-12-23(30-25)33-14-18(15-33)17-4-3-7-32(13-17)8-9-37(2,35)36/h7-8,11-12,17-19H,3-6,9-10,13-15H2,1-2H3,(H,35,36);5-6,10,12,16-18H,3-4,7-9,13-15H2,1-2H3. The van der Waals surface area contributed by atoms with Crippen LogP contribution in [0.4, 0.5) is 11.8 Å². The topological polar surface area (TPSA) is 195 Å². The predicted octanol–water partition coefficient (Wildman–Crippen LogP) is 8.87. The number of aromatic nitrogens is 8. The second kappa shape index (κ2) is 22.5. The van der Waals surface area contributed by atoms with Crippen LogP contribution >= 0.6 is 46.4 Å². The smallest absolute Gasteiger partial charge is 0.303 e. The van der Waals surface area contributed by atoms with Crippen molar-refractivity contribution in [2.75, 3.05) is 87.3 Å². The number of nitriles is 1. The molecule has 22 heteroatoms. The Hall–Kier alpha value is -4.87. The zero-order valence-corrected chi connectivity index (χ0v) is 45.3. The molecule has 2 aromatic carbocycles. The number of rotatable bonds is 15. The zero-order chi connectivity index (χ0) is 51.7. The monoisotopic (exact) mass is 1090 g/mol. The lowest BCUT2D eigenvalue weighted by molar-refractivity contribution is -0.137. The van der Waals surface area contributed by atoms with E-state index in [1.165, 1.54) is 19.1 Å². The van der Waals surface area contributed by atoms with Crippen molar-refractivity contribution < 1.29 is 18.3 Å². The van der Waals surface area contributed by atoms with Gasteiger partial charge in [-0.1, -0.05) is 58.5 Å². The molecule has 17 nitrogen and oxygen atoms in total. The fourth-order valence-electron chi connectivity index (χ4n) is 10.9. The van der Waals surface area contributed by atoms with Gasteiger partial charge in [0.15, 0.2) is 17.0 Å². The van der Waals surface area contributed by atoms with E-state index in [-0.39, 0.29) is 30.0 Å². The van der Waals surface area contributed by atoms with Crippen LogP contribution in [0.5, 0.6) is 0 Å². The van der Waals surface area contributed by atoms with Crippen LogP contribution in [-0.4, -0.2) is 146 Å². The lowest BCUT2D eigenvalue weighted by Crippen LogP contribution is -2.54. The number of anilines is 2. The molecule has 4 fully saturated rings. The molecule has 0 saturated carbocycles. The summed E-state index contributed by atoms with van der Waals surface area (Å²) in [6.45, 7) is 15.2. The highest BCUT2D eigenvalue weighted by Gasteiger charge is 2.39. The van der Waals surface area contributed by atoms with Crippen LogP contribution < -0.4 is 9.80 Å². The molecular weight excluding hydrogens is 1030 g/mol. The molecule has 4 unspecified atom stereocenters. The summed E-state index contributed by atoms with van der Waals surface area (Å²) in [5.41, 5.74) is 4.70. The molecule has 8 heterocycles. The number of aryl methyl sites for hydroxylation is 1. The number of piperidine rings is 2. The van der Waals surface area contributed by atoms with Gasteiger partial charge in [-0.3, -0.25) is 4.79 Å². The molecule has 4 aromatic heterocycles. The number of carboxylic acid groups (broad SMARTS) is 1. The number of hydrogen-bond donors (Lipinski definition) is 1. The van der Waals surface area contributed by atoms with Crippen molar-refractivity contribution >= 4 is 96.2 Å². The van der Waals surface area contributed by atoms with Crippen LogP contribution in [0.1, 0.15) is 87.0 Å². The molecule has 4 atom stereocenters. The molecule has 0 aliphatic carbocycles. The number of nitrogens with zero attached hydrogens (tertiary/aromatic N) is 13. The minimum absolute atomic E-state index is 0.104. The van der Waals surface area contributed by atoms with Crippen molar-refractivity contribution in [3.63, 3.8) is 0 Å². The Morgan fingerprint density at radius 1 is 0.767 bits per heavy atom. The summed E-state index contributed by atoms with van der Waals surface area (Å²) in [6, 6.07) is 12.6. The van der Waals surface area contributed by atoms with Crippen LogP contribution in [0.15, 0.2) is 48.8 Å². The average molecular weight is 1090 g/mol. The summed E-state index contributed by atoms with van der Waals surface area (Å²) in [5.74, 6) is 3.33. The number of likely N-dealkylation sites (tertiary alicyclic amines) is 2. The molecule has 0 amide bonds. The Morgan fingerprint density at radius 2 is 1.34 bits per heavy atom. The van der Waals surface area contributed by atoms with Gasteiger partial charge in [-0.25, -0.2) is 32.7 Å². The third kappa shape index (κ3) is 12.1. The van der Waals surface area contributed by atoms with Gasteiger partial charge in [-0.15, -0.1) is 0 Å². The summed E-state index contributed by atoms with van der Waals surface area (Å²) >= 11 is 25.1. The zero-order valence-electron chi connectivity index (χ0n) is 41.5. The van der Waals surface area contributed by atoms with Crippen molar-refractivity contribution in [2.24, 2.45) is 23.7 Å². The largest absolute Gasteiger partial charge is 0.481 e. The van der Waals surface area contributed by atoms with Gasteiger partial charge in [0.25, 0.3) is 0 Å². The molecule has 1 N–H and O–H groups in total. The molecule has 4 aliphatic rings. The molecule has 73 heavy (non-hydrogen) atoms. The van der Waals surface area contributed by atoms with Crippen molar-refractivity contribution in [1.29, 1.82) is 5.26 Å². The Kier molecular flexibility index (Phi) is 16.4. The minimum Gasteiger partial charge on any atom is -0.481 e. The lowest BCUT2D eigenvalue weighted by atomic mass is 9.80. The van der Waals surface area contributed by atoms with Crippen molar-refractivity contribution in [1.82, 2.24) is 49.3 Å². The van der Waals surface area contributed by atoms with E-state index in [2.05, 4.69) is 47.7 Å². The summed E-state index contributed by atoms with van der Waals surface area (Å²) in [7, 11) is -2.95. The van der Waals surface area contributed by atoms with Crippen molar-refractivity contribution in [3.8, 4) is 6.07 Å². The van der Waals surface area contributed by atoms with E-state index in [0.29, 0.717) is 61.5 Å². The minimum atomic E-state index is -2.95. The van der Waals surface area contributed by atoms with Gasteiger partial charge >= 0.3 is 5.97 Å². The number of benzene rings is 2. The Balaban J connectivity index is 0.000000180. The molecule has 0 spiro atoms. The first-order valence-corrected chi connectivity index (χ1v) is 28.6. The highest BCUT2D eigenvalue weighted by Crippen LogP contribution is 2.37. The fraction of sp³-hybridized carbons (Fsp3) is 0.529. The maximum atomic E-state index is 11.6. The average Bonchev–Trinajstić information content (AvgIpc) is 3.86. The lowest BCUT2D eigenvalue weighted by Gasteiger charge is -2.47. The number of aliphatic carboxylic acids is 1. The molecule has 4 aliphatic heterocycles. The van der Waals surface area contributed by atoms with Crippen LogP contribution in [0.25, 0.3) is 22.2 Å². The summed E-state index contributed by atoms with van der Waals surface area (Å²) in [5, 5.41) is 31.0. The molecule has 10 rings (SSSR count). The van der Waals surface area contributed by atoms with Gasteiger partial charge in [0, 0.05) is 84.8 Å². The molecular formula is C51H61Cl4N13O4S. The van der Waals surface area contributed by atoms with Crippen molar-refractivity contribution in [2.45, 2.75) is 71.4 Å². The number of halogens is 4.